The summed E-state index contributed by atoms with van der Waals surface area (Å²) in [5, 5.41) is 13.7. The second-order valence-electron chi connectivity index (χ2n) is 5.37. The van der Waals surface area contributed by atoms with E-state index in [0.29, 0.717) is 22.0 Å². The monoisotopic (exact) mass is 352 g/mol. The van der Waals surface area contributed by atoms with E-state index in [0.717, 1.165) is 5.56 Å². The minimum atomic E-state index is -0.875. The van der Waals surface area contributed by atoms with Gasteiger partial charge in [-0.2, -0.15) is 0 Å². The average molecular weight is 353 g/mol. The summed E-state index contributed by atoms with van der Waals surface area (Å²) in [6, 6.07) is 8.65. The summed E-state index contributed by atoms with van der Waals surface area (Å²) >= 11 is 11.9. The number of aliphatic hydroxyl groups is 1. The van der Waals surface area contributed by atoms with Crippen molar-refractivity contribution in [2.24, 2.45) is 0 Å². The van der Waals surface area contributed by atoms with Crippen LogP contribution in [0.4, 0.5) is 0 Å². The van der Waals surface area contributed by atoms with Crippen molar-refractivity contribution in [2.45, 2.75) is 25.4 Å². The lowest BCUT2D eigenvalue weighted by molar-refractivity contribution is -0.121. The van der Waals surface area contributed by atoms with E-state index >= 15 is 0 Å². The first kappa shape index (κ1) is 17.7. The molecule has 0 aliphatic carbocycles. The van der Waals surface area contributed by atoms with Crippen LogP contribution >= 0.6 is 23.2 Å². The summed E-state index contributed by atoms with van der Waals surface area (Å²) in [5.74, 6) is -0.0484. The van der Waals surface area contributed by atoms with Gasteiger partial charge in [0.25, 0.3) is 0 Å². The molecule has 122 valence electrons. The summed E-state index contributed by atoms with van der Waals surface area (Å²) in [5.41, 5.74) is 1.59. The Balaban J connectivity index is 1.86. The van der Waals surface area contributed by atoms with E-state index in [2.05, 4.69) is 10.3 Å². The van der Waals surface area contributed by atoms with Crippen LogP contribution in [0.2, 0.25) is 10.0 Å². The van der Waals surface area contributed by atoms with Gasteiger partial charge in [0.1, 0.15) is 0 Å². The van der Waals surface area contributed by atoms with Crippen LogP contribution in [-0.4, -0.2) is 22.5 Å². The number of amides is 1. The molecule has 0 fully saturated rings. The van der Waals surface area contributed by atoms with Crippen LogP contribution in [0, 0.1) is 0 Å². The van der Waals surface area contributed by atoms with Gasteiger partial charge in [-0.1, -0.05) is 36.2 Å². The van der Waals surface area contributed by atoms with Gasteiger partial charge in [-0.3, -0.25) is 9.78 Å². The van der Waals surface area contributed by atoms with Crippen LogP contribution < -0.4 is 5.32 Å². The molecule has 0 bridgehead atoms. The summed E-state index contributed by atoms with van der Waals surface area (Å²) < 4.78 is 0. The summed E-state index contributed by atoms with van der Waals surface area (Å²) in [7, 11) is 0. The molecule has 0 radical (unpaired) electrons. The predicted molar refractivity (Wildman–Crippen MR) is 91.7 cm³/mol. The summed E-state index contributed by atoms with van der Waals surface area (Å²) in [6.45, 7) is 2.07. The molecule has 0 spiro atoms. The van der Waals surface area contributed by atoms with Crippen molar-refractivity contribution < 1.29 is 9.90 Å². The van der Waals surface area contributed by atoms with Gasteiger partial charge in [-0.25, -0.2) is 0 Å². The van der Waals surface area contributed by atoms with Gasteiger partial charge >= 0.3 is 0 Å². The van der Waals surface area contributed by atoms with E-state index < -0.39 is 6.10 Å². The number of nitrogens with one attached hydrogen (secondary N) is 1. The third-order valence-electron chi connectivity index (χ3n) is 3.58. The van der Waals surface area contributed by atoms with Crippen molar-refractivity contribution in [1.82, 2.24) is 10.3 Å². The Morgan fingerprint density at radius 2 is 1.96 bits per heavy atom. The lowest BCUT2D eigenvalue weighted by atomic mass is 9.98. The third-order valence-corrected chi connectivity index (χ3v) is 4.14. The van der Waals surface area contributed by atoms with Gasteiger partial charge in [0.2, 0.25) is 5.91 Å². The number of carbonyl (C=O) groups excluding carboxylic acids is 1. The van der Waals surface area contributed by atoms with Crippen molar-refractivity contribution >= 4 is 29.1 Å². The van der Waals surface area contributed by atoms with Gasteiger partial charge in [0.15, 0.2) is 0 Å². The third kappa shape index (κ3) is 5.20. The number of pyridine rings is 1. The fourth-order valence-corrected chi connectivity index (χ4v) is 2.79. The molecule has 6 heteroatoms. The molecule has 1 aromatic carbocycles. The number of carbonyl (C=O) groups is 1. The maximum atomic E-state index is 12.0. The van der Waals surface area contributed by atoms with Crippen molar-refractivity contribution in [2.75, 3.05) is 6.54 Å². The minimum absolute atomic E-state index is 0.0780. The molecule has 0 saturated carbocycles. The van der Waals surface area contributed by atoms with Gasteiger partial charge in [-0.05, 0) is 35.7 Å². The minimum Gasteiger partial charge on any atom is -0.387 e. The highest BCUT2D eigenvalue weighted by atomic mass is 35.5. The Kier molecular flexibility index (Phi) is 6.39. The maximum Gasteiger partial charge on any atom is 0.220 e. The first-order valence-corrected chi connectivity index (χ1v) is 8.02. The summed E-state index contributed by atoms with van der Waals surface area (Å²) in [4.78, 5) is 16.0. The highest BCUT2D eigenvalue weighted by molar-refractivity contribution is 6.35. The van der Waals surface area contributed by atoms with Gasteiger partial charge in [0.05, 0.1) is 6.10 Å². The topological polar surface area (TPSA) is 62.2 Å². The van der Waals surface area contributed by atoms with Gasteiger partial charge in [-0.15, -0.1) is 0 Å². The van der Waals surface area contributed by atoms with Crippen molar-refractivity contribution in [1.29, 1.82) is 0 Å². The number of rotatable bonds is 6. The van der Waals surface area contributed by atoms with E-state index in [1.165, 1.54) is 0 Å². The van der Waals surface area contributed by atoms with Crippen LogP contribution in [0.1, 0.15) is 36.5 Å². The molecule has 23 heavy (non-hydrogen) atoms. The zero-order chi connectivity index (χ0) is 16.8. The van der Waals surface area contributed by atoms with E-state index in [1.54, 1.807) is 30.6 Å². The van der Waals surface area contributed by atoms with Crippen LogP contribution in [0.15, 0.2) is 42.7 Å². The number of aliphatic hydroxyl groups excluding tert-OH is 1. The molecule has 0 aliphatic rings. The van der Waals surface area contributed by atoms with E-state index in [-0.39, 0.29) is 18.4 Å². The van der Waals surface area contributed by atoms with Crippen LogP contribution in [0.3, 0.4) is 0 Å². The standard InChI is InChI=1S/C17H18Cl2N2O2/c1-11(12-4-6-20-7-5-12)8-17(23)21-10-16(22)14-3-2-13(18)9-15(14)19/h2-7,9,11,16,22H,8,10H2,1H3,(H,21,23)/t11-,16-/m0/s1. The highest BCUT2D eigenvalue weighted by Gasteiger charge is 2.15. The maximum absolute atomic E-state index is 12.0. The molecule has 0 aliphatic heterocycles. The summed E-state index contributed by atoms with van der Waals surface area (Å²) in [6.07, 6.45) is 2.87. The number of halogens is 2. The lowest BCUT2D eigenvalue weighted by Gasteiger charge is -2.16. The molecule has 4 nitrogen and oxygen atoms in total. The van der Waals surface area contributed by atoms with E-state index in [1.807, 2.05) is 19.1 Å². The number of benzene rings is 1. The molecule has 0 saturated heterocycles. The van der Waals surface area contributed by atoms with E-state index in [4.69, 9.17) is 23.2 Å². The average Bonchev–Trinajstić information content (AvgIpc) is 2.53. The molecular formula is C17H18Cl2N2O2. The highest BCUT2D eigenvalue weighted by Crippen LogP contribution is 2.26. The predicted octanol–water partition coefficient (Wildman–Crippen LogP) is 3.73. The molecule has 1 heterocycles. The zero-order valence-electron chi connectivity index (χ0n) is 12.7. The fourth-order valence-electron chi connectivity index (χ4n) is 2.25. The number of nitrogens with zero attached hydrogens (tertiary/aromatic N) is 1. The SMILES string of the molecule is C[C@@H](CC(=O)NC[C@H](O)c1ccc(Cl)cc1Cl)c1ccncc1. The molecule has 2 aromatic rings. The Bertz CT molecular complexity index is 665. The molecule has 2 atom stereocenters. The second kappa shape index (κ2) is 8.29. The number of hydrogen-bond acceptors (Lipinski definition) is 3. The van der Waals surface area contributed by atoms with Gasteiger partial charge < -0.3 is 10.4 Å². The Labute approximate surface area is 145 Å². The van der Waals surface area contributed by atoms with Crippen molar-refractivity contribution in [3.05, 3.63) is 63.9 Å². The molecule has 1 aromatic heterocycles. The molecule has 2 N–H and O–H groups in total. The lowest BCUT2D eigenvalue weighted by Crippen LogP contribution is -2.29. The van der Waals surface area contributed by atoms with Crippen molar-refractivity contribution in [3.63, 3.8) is 0 Å². The Hall–Kier alpha value is -1.62. The van der Waals surface area contributed by atoms with Crippen LogP contribution in [-0.2, 0) is 4.79 Å². The van der Waals surface area contributed by atoms with Crippen LogP contribution in [0.5, 0.6) is 0 Å². The van der Waals surface area contributed by atoms with Crippen molar-refractivity contribution in [3.8, 4) is 0 Å². The Morgan fingerprint density at radius 1 is 1.26 bits per heavy atom. The normalized spacial score (nSPS) is 13.4. The largest absolute Gasteiger partial charge is 0.387 e. The zero-order valence-corrected chi connectivity index (χ0v) is 14.2. The first-order valence-electron chi connectivity index (χ1n) is 7.27. The fraction of sp³-hybridized carbons (Fsp3) is 0.294. The van der Waals surface area contributed by atoms with Crippen LogP contribution in [0.25, 0.3) is 0 Å². The Morgan fingerprint density at radius 3 is 2.61 bits per heavy atom. The number of hydrogen-bond donors (Lipinski definition) is 2. The molecule has 0 unspecified atom stereocenters. The smallest absolute Gasteiger partial charge is 0.220 e. The van der Waals surface area contributed by atoms with Gasteiger partial charge in [0, 0.05) is 41.0 Å². The number of aromatic nitrogens is 1. The quantitative estimate of drug-likeness (QED) is 0.832. The first-order chi connectivity index (χ1) is 11.0. The van der Waals surface area contributed by atoms with E-state index in [9.17, 15) is 9.90 Å². The molecule has 1 amide bonds. The molecular weight excluding hydrogens is 335 g/mol. The second-order valence-corrected chi connectivity index (χ2v) is 6.22. The molecule has 2 rings (SSSR count).